The molecule has 10 heteroatoms. The second-order valence-corrected chi connectivity index (χ2v) is 8.36. The minimum atomic E-state index is -0.655. The van der Waals surface area contributed by atoms with Gasteiger partial charge in [-0.1, -0.05) is 29.3 Å². The molecule has 0 spiro atoms. The SMILES string of the molecule is CN(C(=O)Oc1ccc(F)cc1)C1CN(C(=O)CCC(N)=O)CC1c1ccc(Cl)c(Cl)c1. The van der Waals surface area contributed by atoms with Crippen LogP contribution in [0.25, 0.3) is 0 Å². The van der Waals surface area contributed by atoms with Crippen molar-refractivity contribution in [1.82, 2.24) is 9.80 Å². The molecule has 2 N–H and O–H groups in total. The standard InChI is InChI=1S/C22H22Cl2FN3O4/c1-27(22(31)32-15-5-3-14(25)4-6-15)19-12-28(21(30)9-8-20(26)29)11-16(19)13-2-7-17(23)18(24)10-13/h2-7,10,16,19H,8-9,11-12H2,1H3,(H2,26,29). The molecule has 7 nitrogen and oxygen atoms in total. The molecule has 1 fully saturated rings. The summed E-state index contributed by atoms with van der Waals surface area (Å²) in [5.74, 6) is -1.32. The van der Waals surface area contributed by atoms with Crippen molar-refractivity contribution in [3.05, 3.63) is 63.9 Å². The van der Waals surface area contributed by atoms with E-state index in [0.717, 1.165) is 5.56 Å². The Morgan fingerprint density at radius 1 is 1.09 bits per heavy atom. The maximum Gasteiger partial charge on any atom is 0.415 e. The first-order valence-corrected chi connectivity index (χ1v) is 10.6. The number of carbonyl (C=O) groups excluding carboxylic acids is 3. The van der Waals surface area contributed by atoms with Crippen LogP contribution in [0.4, 0.5) is 9.18 Å². The number of carbonyl (C=O) groups is 3. The lowest BCUT2D eigenvalue weighted by molar-refractivity contribution is -0.132. The highest BCUT2D eigenvalue weighted by Crippen LogP contribution is 2.35. The lowest BCUT2D eigenvalue weighted by Crippen LogP contribution is -2.43. The van der Waals surface area contributed by atoms with Crippen molar-refractivity contribution in [2.45, 2.75) is 24.8 Å². The van der Waals surface area contributed by atoms with Crippen LogP contribution in [-0.4, -0.2) is 53.9 Å². The smallest absolute Gasteiger partial charge is 0.410 e. The third-order valence-electron chi connectivity index (χ3n) is 5.40. The van der Waals surface area contributed by atoms with Crippen LogP contribution in [0.5, 0.6) is 5.75 Å². The molecule has 0 aromatic heterocycles. The Hall–Kier alpha value is -2.84. The molecule has 2 aromatic rings. The average Bonchev–Trinajstić information content (AvgIpc) is 3.20. The third kappa shape index (κ3) is 5.69. The number of nitrogens with two attached hydrogens (primary N) is 1. The summed E-state index contributed by atoms with van der Waals surface area (Å²) in [7, 11) is 1.57. The van der Waals surface area contributed by atoms with E-state index in [4.69, 9.17) is 33.7 Å². The lowest BCUT2D eigenvalue weighted by Gasteiger charge is -2.28. The van der Waals surface area contributed by atoms with E-state index < -0.39 is 23.9 Å². The summed E-state index contributed by atoms with van der Waals surface area (Å²) in [6.07, 6.45) is -0.724. The molecule has 2 unspecified atom stereocenters. The number of likely N-dealkylation sites (N-methyl/N-ethyl adjacent to an activating group) is 1. The minimum Gasteiger partial charge on any atom is -0.410 e. The second kappa shape index (κ2) is 10.2. The van der Waals surface area contributed by atoms with Gasteiger partial charge in [0.1, 0.15) is 11.6 Å². The zero-order chi connectivity index (χ0) is 23.4. The number of halogens is 3. The fraction of sp³-hybridized carbons (Fsp3) is 0.318. The predicted molar refractivity (Wildman–Crippen MR) is 118 cm³/mol. The minimum absolute atomic E-state index is 0.0140. The molecular formula is C22H22Cl2FN3O4. The summed E-state index contributed by atoms with van der Waals surface area (Å²) in [5, 5.41) is 0.751. The maximum atomic E-state index is 13.1. The number of primary amides is 1. The zero-order valence-corrected chi connectivity index (χ0v) is 18.8. The molecule has 0 radical (unpaired) electrons. The highest BCUT2D eigenvalue weighted by Gasteiger charge is 2.40. The Morgan fingerprint density at radius 2 is 1.78 bits per heavy atom. The normalized spacial score (nSPS) is 17.8. The Bertz CT molecular complexity index is 1020. The van der Waals surface area contributed by atoms with Crippen LogP contribution in [0.15, 0.2) is 42.5 Å². The molecule has 2 atom stereocenters. The summed E-state index contributed by atoms with van der Waals surface area (Å²) in [6, 6.07) is 9.81. The van der Waals surface area contributed by atoms with Gasteiger partial charge in [-0.05, 0) is 42.0 Å². The molecule has 1 saturated heterocycles. The molecule has 0 saturated carbocycles. The van der Waals surface area contributed by atoms with Crippen molar-refractivity contribution < 1.29 is 23.5 Å². The number of ether oxygens (including phenoxy) is 1. The fourth-order valence-electron chi connectivity index (χ4n) is 3.65. The molecule has 1 heterocycles. The van der Waals surface area contributed by atoms with Crippen LogP contribution in [-0.2, 0) is 9.59 Å². The van der Waals surface area contributed by atoms with Gasteiger partial charge in [0.05, 0.1) is 16.1 Å². The first-order valence-electron chi connectivity index (χ1n) is 9.87. The number of rotatable bonds is 6. The van der Waals surface area contributed by atoms with E-state index in [-0.39, 0.29) is 37.0 Å². The largest absolute Gasteiger partial charge is 0.415 e. The predicted octanol–water partition coefficient (Wildman–Crippen LogP) is 3.82. The molecule has 3 rings (SSSR count). The van der Waals surface area contributed by atoms with Crippen molar-refractivity contribution in [2.75, 3.05) is 20.1 Å². The summed E-state index contributed by atoms with van der Waals surface area (Å²) >= 11 is 12.2. The monoisotopic (exact) mass is 481 g/mol. The number of likely N-dealkylation sites (tertiary alicyclic amines) is 1. The van der Waals surface area contributed by atoms with Crippen LogP contribution in [0, 0.1) is 5.82 Å². The van der Waals surface area contributed by atoms with E-state index in [1.807, 2.05) is 0 Å². The van der Waals surface area contributed by atoms with Crippen LogP contribution >= 0.6 is 23.2 Å². The molecule has 2 aromatic carbocycles. The Labute approximate surface area is 194 Å². The van der Waals surface area contributed by atoms with E-state index in [1.54, 1.807) is 30.1 Å². The van der Waals surface area contributed by atoms with Gasteiger partial charge in [-0.15, -0.1) is 0 Å². The summed E-state index contributed by atoms with van der Waals surface area (Å²) in [4.78, 5) is 39.4. The van der Waals surface area contributed by atoms with E-state index in [0.29, 0.717) is 16.6 Å². The lowest BCUT2D eigenvalue weighted by atomic mass is 9.93. The van der Waals surface area contributed by atoms with Crippen LogP contribution in [0.2, 0.25) is 10.0 Å². The van der Waals surface area contributed by atoms with Crippen LogP contribution in [0.1, 0.15) is 24.3 Å². The highest BCUT2D eigenvalue weighted by molar-refractivity contribution is 6.42. The molecule has 3 amide bonds. The number of nitrogens with zero attached hydrogens (tertiary/aromatic N) is 2. The highest BCUT2D eigenvalue weighted by atomic mass is 35.5. The zero-order valence-electron chi connectivity index (χ0n) is 17.3. The van der Waals surface area contributed by atoms with Crippen molar-refractivity contribution in [1.29, 1.82) is 0 Å². The van der Waals surface area contributed by atoms with E-state index in [9.17, 15) is 18.8 Å². The summed E-state index contributed by atoms with van der Waals surface area (Å²) in [5.41, 5.74) is 5.96. The molecule has 1 aliphatic heterocycles. The number of benzene rings is 2. The third-order valence-corrected chi connectivity index (χ3v) is 6.14. The number of amides is 3. The summed E-state index contributed by atoms with van der Waals surface area (Å²) in [6.45, 7) is 0.548. The van der Waals surface area contributed by atoms with Crippen molar-refractivity contribution in [2.24, 2.45) is 5.73 Å². The Balaban J connectivity index is 1.81. The van der Waals surface area contributed by atoms with Gasteiger partial charge in [0.2, 0.25) is 11.8 Å². The van der Waals surface area contributed by atoms with Crippen LogP contribution in [0.3, 0.4) is 0 Å². The first kappa shape index (κ1) is 23.8. The van der Waals surface area contributed by atoms with E-state index >= 15 is 0 Å². The second-order valence-electron chi connectivity index (χ2n) is 7.55. The Kier molecular flexibility index (Phi) is 7.58. The van der Waals surface area contributed by atoms with Gasteiger partial charge in [0.15, 0.2) is 0 Å². The maximum absolute atomic E-state index is 13.1. The van der Waals surface area contributed by atoms with E-state index in [2.05, 4.69) is 0 Å². The van der Waals surface area contributed by atoms with Gasteiger partial charge in [0.25, 0.3) is 0 Å². The molecule has 0 aliphatic carbocycles. The van der Waals surface area contributed by atoms with Gasteiger partial charge in [0, 0.05) is 38.9 Å². The van der Waals surface area contributed by atoms with Gasteiger partial charge >= 0.3 is 6.09 Å². The topological polar surface area (TPSA) is 92.9 Å². The van der Waals surface area contributed by atoms with Gasteiger partial charge < -0.3 is 20.3 Å². The first-order chi connectivity index (χ1) is 15.2. The fourth-order valence-corrected chi connectivity index (χ4v) is 3.96. The molecule has 32 heavy (non-hydrogen) atoms. The average molecular weight is 482 g/mol. The molecular weight excluding hydrogens is 460 g/mol. The Morgan fingerprint density at radius 3 is 2.41 bits per heavy atom. The van der Waals surface area contributed by atoms with Crippen molar-refractivity contribution in [3.63, 3.8) is 0 Å². The number of hydrogen-bond acceptors (Lipinski definition) is 4. The summed E-state index contributed by atoms with van der Waals surface area (Å²) < 4.78 is 18.5. The molecule has 1 aliphatic rings. The van der Waals surface area contributed by atoms with Crippen molar-refractivity contribution >= 4 is 41.1 Å². The molecule has 0 bridgehead atoms. The van der Waals surface area contributed by atoms with Gasteiger partial charge in [-0.25, -0.2) is 9.18 Å². The van der Waals surface area contributed by atoms with Gasteiger partial charge in [-0.2, -0.15) is 0 Å². The quantitative estimate of drug-likeness (QED) is 0.678. The van der Waals surface area contributed by atoms with Gasteiger partial charge in [-0.3, -0.25) is 9.59 Å². The molecule has 170 valence electrons. The van der Waals surface area contributed by atoms with Crippen molar-refractivity contribution in [3.8, 4) is 5.75 Å². The number of hydrogen-bond donors (Lipinski definition) is 1. The van der Waals surface area contributed by atoms with E-state index in [1.165, 1.54) is 29.2 Å². The van der Waals surface area contributed by atoms with Crippen LogP contribution < -0.4 is 10.5 Å².